The average Bonchev–Trinajstić information content (AvgIpc) is 2.14. The quantitative estimate of drug-likeness (QED) is 0.484. The van der Waals surface area contributed by atoms with Crippen molar-refractivity contribution in [3.8, 4) is 0 Å². The molecule has 82 valence electrons. The number of ether oxygens (including phenoxy) is 1. The molecular formula is C12H22O2. The molecule has 14 heavy (non-hydrogen) atoms. The zero-order valence-corrected chi connectivity index (χ0v) is 9.75. The van der Waals surface area contributed by atoms with Gasteiger partial charge >= 0.3 is 5.97 Å². The van der Waals surface area contributed by atoms with Gasteiger partial charge in [-0.25, -0.2) is 0 Å². The maximum absolute atomic E-state index is 10.6. The minimum absolute atomic E-state index is 0.193. The normalized spacial score (nSPS) is 15.4. The number of carbonyl (C=O) groups excluding carboxylic acids is 1. The zero-order valence-electron chi connectivity index (χ0n) is 9.75. The summed E-state index contributed by atoms with van der Waals surface area (Å²) < 4.78 is 4.96. The Morgan fingerprint density at radius 2 is 2.07 bits per heavy atom. The van der Waals surface area contributed by atoms with Gasteiger partial charge in [-0.15, -0.1) is 0 Å². The standard InChI is InChI=1S/C12H22O2/c1-5-6-7-8-10(2)11(3)9-14-12(4)13/h7-8,10-11H,5-6,9H2,1-4H3/b8-7-. The summed E-state index contributed by atoms with van der Waals surface area (Å²) in [5.41, 5.74) is 0. The molecular weight excluding hydrogens is 176 g/mol. The molecule has 0 aliphatic carbocycles. The zero-order chi connectivity index (χ0) is 11.0. The van der Waals surface area contributed by atoms with E-state index in [1.54, 1.807) is 0 Å². The molecule has 0 fully saturated rings. The Labute approximate surface area is 87.3 Å². The van der Waals surface area contributed by atoms with Gasteiger partial charge in [0, 0.05) is 6.92 Å². The minimum atomic E-state index is -0.193. The summed E-state index contributed by atoms with van der Waals surface area (Å²) in [6.45, 7) is 8.39. The van der Waals surface area contributed by atoms with E-state index in [0.29, 0.717) is 18.4 Å². The van der Waals surface area contributed by atoms with E-state index >= 15 is 0 Å². The van der Waals surface area contributed by atoms with Crippen LogP contribution in [0.3, 0.4) is 0 Å². The van der Waals surface area contributed by atoms with Crippen LogP contribution in [0.1, 0.15) is 40.5 Å². The van der Waals surface area contributed by atoms with E-state index in [-0.39, 0.29) is 5.97 Å². The van der Waals surface area contributed by atoms with Crippen LogP contribution in [0.2, 0.25) is 0 Å². The van der Waals surface area contributed by atoms with Crippen molar-refractivity contribution in [3.05, 3.63) is 12.2 Å². The lowest BCUT2D eigenvalue weighted by Gasteiger charge is -2.15. The lowest BCUT2D eigenvalue weighted by molar-refractivity contribution is -0.142. The Kier molecular flexibility index (Phi) is 7.17. The SMILES string of the molecule is CCC/C=C\C(C)C(C)COC(C)=O. The summed E-state index contributed by atoms with van der Waals surface area (Å²) >= 11 is 0. The van der Waals surface area contributed by atoms with Gasteiger partial charge in [-0.3, -0.25) is 4.79 Å². The van der Waals surface area contributed by atoms with Crippen molar-refractivity contribution in [2.75, 3.05) is 6.61 Å². The fraction of sp³-hybridized carbons (Fsp3) is 0.750. The minimum Gasteiger partial charge on any atom is -0.466 e. The Morgan fingerprint density at radius 3 is 2.57 bits per heavy atom. The lowest BCUT2D eigenvalue weighted by Crippen LogP contribution is -2.15. The van der Waals surface area contributed by atoms with Crippen molar-refractivity contribution >= 4 is 5.97 Å². The van der Waals surface area contributed by atoms with Crippen molar-refractivity contribution in [2.24, 2.45) is 11.8 Å². The molecule has 0 aliphatic rings. The monoisotopic (exact) mass is 198 g/mol. The fourth-order valence-electron chi connectivity index (χ4n) is 1.07. The van der Waals surface area contributed by atoms with Crippen molar-refractivity contribution < 1.29 is 9.53 Å². The lowest BCUT2D eigenvalue weighted by atomic mass is 9.96. The number of hydrogen-bond donors (Lipinski definition) is 0. The largest absolute Gasteiger partial charge is 0.466 e. The number of rotatable bonds is 6. The smallest absolute Gasteiger partial charge is 0.302 e. The van der Waals surface area contributed by atoms with E-state index in [2.05, 4.69) is 32.9 Å². The number of hydrogen-bond acceptors (Lipinski definition) is 2. The van der Waals surface area contributed by atoms with Crippen LogP contribution in [0.4, 0.5) is 0 Å². The molecule has 0 heterocycles. The first-order chi connectivity index (χ1) is 6.57. The van der Waals surface area contributed by atoms with Gasteiger partial charge in [-0.1, -0.05) is 39.3 Å². The second kappa shape index (κ2) is 7.60. The molecule has 0 saturated carbocycles. The van der Waals surface area contributed by atoms with Gasteiger partial charge in [0.1, 0.15) is 0 Å². The first kappa shape index (κ1) is 13.2. The van der Waals surface area contributed by atoms with Crippen LogP contribution in [0.15, 0.2) is 12.2 Å². The summed E-state index contributed by atoms with van der Waals surface area (Å²) in [7, 11) is 0. The van der Waals surface area contributed by atoms with Gasteiger partial charge in [-0.05, 0) is 18.3 Å². The third-order valence-corrected chi connectivity index (χ3v) is 2.34. The summed E-state index contributed by atoms with van der Waals surface area (Å²) in [5.74, 6) is 0.675. The summed E-state index contributed by atoms with van der Waals surface area (Å²) in [4.78, 5) is 10.6. The molecule has 2 unspecified atom stereocenters. The predicted molar refractivity (Wildman–Crippen MR) is 59.0 cm³/mol. The second-order valence-electron chi connectivity index (χ2n) is 3.86. The van der Waals surface area contributed by atoms with Crippen molar-refractivity contribution in [1.29, 1.82) is 0 Å². The summed E-state index contributed by atoms with van der Waals surface area (Å²) in [6.07, 6.45) is 6.72. The Balaban J connectivity index is 3.74. The Morgan fingerprint density at radius 1 is 1.43 bits per heavy atom. The second-order valence-corrected chi connectivity index (χ2v) is 3.86. The fourth-order valence-corrected chi connectivity index (χ4v) is 1.07. The third-order valence-electron chi connectivity index (χ3n) is 2.34. The van der Waals surface area contributed by atoms with Crippen molar-refractivity contribution in [1.82, 2.24) is 0 Å². The summed E-state index contributed by atoms with van der Waals surface area (Å²) in [6, 6.07) is 0. The molecule has 0 aromatic rings. The predicted octanol–water partition coefficient (Wildman–Crippen LogP) is 3.18. The molecule has 2 nitrogen and oxygen atoms in total. The molecule has 0 amide bonds. The van der Waals surface area contributed by atoms with Gasteiger partial charge in [0.05, 0.1) is 6.61 Å². The van der Waals surface area contributed by atoms with Crippen LogP contribution in [-0.2, 0) is 9.53 Å². The molecule has 2 heteroatoms. The number of unbranched alkanes of at least 4 members (excludes halogenated alkanes) is 1. The molecule has 0 aromatic carbocycles. The van der Waals surface area contributed by atoms with Gasteiger partial charge in [0.25, 0.3) is 0 Å². The van der Waals surface area contributed by atoms with Crippen LogP contribution in [0.5, 0.6) is 0 Å². The molecule has 0 N–H and O–H groups in total. The van der Waals surface area contributed by atoms with Crippen LogP contribution >= 0.6 is 0 Å². The molecule has 0 aromatic heterocycles. The Hall–Kier alpha value is -0.790. The van der Waals surface area contributed by atoms with E-state index in [0.717, 1.165) is 6.42 Å². The van der Waals surface area contributed by atoms with E-state index in [4.69, 9.17) is 4.74 Å². The number of allylic oxidation sites excluding steroid dienone is 2. The first-order valence-electron chi connectivity index (χ1n) is 5.38. The molecule has 0 aliphatic heterocycles. The topological polar surface area (TPSA) is 26.3 Å². The highest BCUT2D eigenvalue weighted by atomic mass is 16.5. The highest BCUT2D eigenvalue weighted by Crippen LogP contribution is 2.13. The Bertz CT molecular complexity index is 185. The first-order valence-corrected chi connectivity index (χ1v) is 5.38. The van der Waals surface area contributed by atoms with E-state index < -0.39 is 0 Å². The van der Waals surface area contributed by atoms with Crippen LogP contribution in [0.25, 0.3) is 0 Å². The van der Waals surface area contributed by atoms with Gasteiger partial charge in [0.15, 0.2) is 0 Å². The van der Waals surface area contributed by atoms with E-state index in [1.165, 1.54) is 13.3 Å². The van der Waals surface area contributed by atoms with Crippen molar-refractivity contribution in [2.45, 2.75) is 40.5 Å². The van der Waals surface area contributed by atoms with Crippen LogP contribution in [-0.4, -0.2) is 12.6 Å². The van der Waals surface area contributed by atoms with Crippen molar-refractivity contribution in [3.63, 3.8) is 0 Å². The number of carbonyl (C=O) groups is 1. The maximum Gasteiger partial charge on any atom is 0.302 e. The molecule has 0 radical (unpaired) electrons. The third kappa shape index (κ3) is 6.70. The highest BCUT2D eigenvalue weighted by molar-refractivity contribution is 5.65. The maximum atomic E-state index is 10.6. The highest BCUT2D eigenvalue weighted by Gasteiger charge is 2.10. The molecule has 0 bridgehead atoms. The summed E-state index contributed by atoms with van der Waals surface area (Å²) in [5, 5.41) is 0. The average molecular weight is 198 g/mol. The number of esters is 1. The van der Waals surface area contributed by atoms with Crippen LogP contribution in [0, 0.1) is 11.8 Å². The van der Waals surface area contributed by atoms with Gasteiger partial charge in [0.2, 0.25) is 0 Å². The van der Waals surface area contributed by atoms with E-state index in [9.17, 15) is 4.79 Å². The molecule has 0 saturated heterocycles. The van der Waals surface area contributed by atoms with Gasteiger partial charge < -0.3 is 4.74 Å². The molecule has 0 rings (SSSR count). The molecule has 0 spiro atoms. The van der Waals surface area contributed by atoms with E-state index in [1.807, 2.05) is 0 Å². The molecule has 2 atom stereocenters. The van der Waals surface area contributed by atoms with Crippen LogP contribution < -0.4 is 0 Å². The van der Waals surface area contributed by atoms with Gasteiger partial charge in [-0.2, -0.15) is 0 Å².